The van der Waals surface area contributed by atoms with Gasteiger partial charge in [0.1, 0.15) is 5.75 Å². The van der Waals surface area contributed by atoms with E-state index in [2.05, 4.69) is 11.2 Å². The molecule has 0 aromatic heterocycles. The Morgan fingerprint density at radius 1 is 1.44 bits per heavy atom. The minimum absolute atomic E-state index is 0.102. The molecule has 0 saturated heterocycles. The molecular weight excluding hydrogens is 210 g/mol. The summed E-state index contributed by atoms with van der Waals surface area (Å²) in [5.74, 6) is 0.231. The molecule has 0 heterocycles. The monoisotopic (exact) mass is 219 g/mol. The maximum absolute atomic E-state index is 11.2. The lowest BCUT2D eigenvalue weighted by Gasteiger charge is -2.07. The molecule has 0 aliphatic rings. The molecule has 0 spiro atoms. The van der Waals surface area contributed by atoms with E-state index in [0.29, 0.717) is 0 Å². The van der Waals surface area contributed by atoms with Crippen LogP contribution in [0.25, 0.3) is 0 Å². The second-order valence-electron chi connectivity index (χ2n) is 2.96. The average molecular weight is 219 g/mol. The maximum Gasteiger partial charge on any atom is 0.337 e. The molecule has 0 unspecified atom stereocenters. The zero-order chi connectivity index (χ0) is 12.1. The fourth-order valence-corrected chi connectivity index (χ4v) is 1.11. The van der Waals surface area contributed by atoms with Crippen LogP contribution in [-0.2, 0) is 4.79 Å². The van der Waals surface area contributed by atoms with Gasteiger partial charge in [-0.1, -0.05) is 5.92 Å². The van der Waals surface area contributed by atoms with E-state index in [1.807, 2.05) is 0 Å². The number of carboxylic acids is 1. The van der Waals surface area contributed by atoms with Crippen LogP contribution in [0, 0.1) is 12.3 Å². The highest BCUT2D eigenvalue weighted by molar-refractivity contribution is 6.01. The highest BCUT2D eigenvalue weighted by Gasteiger charge is 2.12. The van der Waals surface area contributed by atoms with Crippen LogP contribution in [-0.4, -0.2) is 22.1 Å². The molecule has 0 bridgehead atoms. The number of phenols is 1. The van der Waals surface area contributed by atoms with Crippen molar-refractivity contribution in [2.45, 2.75) is 6.42 Å². The Morgan fingerprint density at radius 2 is 2.12 bits per heavy atom. The van der Waals surface area contributed by atoms with Gasteiger partial charge in [-0.25, -0.2) is 4.79 Å². The Kier molecular flexibility index (Phi) is 3.51. The lowest BCUT2D eigenvalue weighted by molar-refractivity contribution is -0.115. The molecule has 0 aliphatic heterocycles. The van der Waals surface area contributed by atoms with Crippen LogP contribution in [0.1, 0.15) is 16.8 Å². The molecule has 0 aliphatic carbocycles. The third kappa shape index (κ3) is 2.75. The Morgan fingerprint density at radius 3 is 2.69 bits per heavy atom. The van der Waals surface area contributed by atoms with Gasteiger partial charge >= 0.3 is 5.97 Å². The van der Waals surface area contributed by atoms with E-state index in [0.717, 1.165) is 6.07 Å². The van der Waals surface area contributed by atoms with Crippen LogP contribution in [0.2, 0.25) is 0 Å². The van der Waals surface area contributed by atoms with Crippen LogP contribution in [0.15, 0.2) is 18.2 Å². The maximum atomic E-state index is 11.2. The van der Waals surface area contributed by atoms with Crippen LogP contribution in [0.5, 0.6) is 5.75 Å². The zero-order valence-electron chi connectivity index (χ0n) is 8.23. The van der Waals surface area contributed by atoms with Gasteiger partial charge in [-0.2, -0.15) is 0 Å². The summed E-state index contributed by atoms with van der Waals surface area (Å²) in [5, 5.41) is 20.3. The summed E-state index contributed by atoms with van der Waals surface area (Å²) >= 11 is 0. The fraction of sp³-hybridized carbons (Fsp3) is 0.0909. The molecule has 1 rings (SSSR count). The van der Waals surface area contributed by atoms with Crippen molar-refractivity contribution in [2.75, 3.05) is 5.32 Å². The van der Waals surface area contributed by atoms with Crippen LogP contribution in [0.3, 0.4) is 0 Å². The first-order valence-corrected chi connectivity index (χ1v) is 4.34. The zero-order valence-corrected chi connectivity index (χ0v) is 8.23. The van der Waals surface area contributed by atoms with E-state index in [9.17, 15) is 9.59 Å². The first-order chi connectivity index (χ1) is 7.54. The number of anilines is 1. The molecule has 82 valence electrons. The average Bonchev–Trinajstić information content (AvgIpc) is 2.20. The van der Waals surface area contributed by atoms with Gasteiger partial charge in [0, 0.05) is 0 Å². The Balaban J connectivity index is 3.00. The molecule has 3 N–H and O–H groups in total. The summed E-state index contributed by atoms with van der Waals surface area (Å²) in [7, 11) is 0. The SMILES string of the molecule is C#CCC(=O)Nc1ccc(O)cc1C(=O)O. The van der Waals surface area contributed by atoms with Gasteiger partial charge in [-0.05, 0) is 18.2 Å². The molecule has 5 heteroatoms. The van der Waals surface area contributed by atoms with Crippen LogP contribution < -0.4 is 5.32 Å². The number of nitrogens with one attached hydrogen (secondary N) is 1. The van der Waals surface area contributed by atoms with Crippen molar-refractivity contribution in [2.24, 2.45) is 0 Å². The second kappa shape index (κ2) is 4.84. The van der Waals surface area contributed by atoms with Gasteiger partial charge in [0.15, 0.2) is 0 Å². The summed E-state index contributed by atoms with van der Waals surface area (Å²) < 4.78 is 0. The number of terminal acetylenes is 1. The molecule has 0 atom stereocenters. The Bertz CT molecular complexity index is 473. The van der Waals surface area contributed by atoms with E-state index < -0.39 is 11.9 Å². The summed E-state index contributed by atoms with van der Waals surface area (Å²) in [6, 6.07) is 3.62. The molecular formula is C11H9NO4. The summed E-state index contributed by atoms with van der Waals surface area (Å²) in [5.41, 5.74) is -0.0871. The van der Waals surface area contributed by atoms with E-state index in [-0.39, 0.29) is 23.4 Å². The number of amides is 1. The summed E-state index contributed by atoms with van der Waals surface area (Å²) in [6.07, 6.45) is 4.80. The quantitative estimate of drug-likeness (QED) is 0.524. The summed E-state index contributed by atoms with van der Waals surface area (Å²) in [4.78, 5) is 22.0. The molecule has 1 aromatic carbocycles. The molecule has 0 radical (unpaired) electrons. The predicted octanol–water partition coefficient (Wildman–Crippen LogP) is 1.05. The lowest BCUT2D eigenvalue weighted by Crippen LogP contribution is -2.13. The number of hydrogen-bond donors (Lipinski definition) is 3. The number of carbonyl (C=O) groups is 2. The van der Waals surface area contributed by atoms with Crippen molar-refractivity contribution in [1.29, 1.82) is 0 Å². The molecule has 1 amide bonds. The van der Waals surface area contributed by atoms with Gasteiger partial charge in [-0.3, -0.25) is 4.79 Å². The fourth-order valence-electron chi connectivity index (χ4n) is 1.11. The first kappa shape index (κ1) is 11.6. The number of aromatic hydroxyl groups is 1. The standard InChI is InChI=1S/C11H9NO4/c1-2-3-10(14)12-9-5-4-7(13)6-8(9)11(15)16/h1,4-6,13H,3H2,(H,12,14)(H,15,16). The molecule has 5 nitrogen and oxygen atoms in total. The minimum Gasteiger partial charge on any atom is -0.508 e. The highest BCUT2D eigenvalue weighted by atomic mass is 16.4. The predicted molar refractivity (Wildman–Crippen MR) is 57.1 cm³/mol. The number of carboxylic acid groups (broad SMARTS) is 1. The van der Waals surface area contributed by atoms with Gasteiger partial charge in [0.2, 0.25) is 5.91 Å². The highest BCUT2D eigenvalue weighted by Crippen LogP contribution is 2.21. The molecule has 0 saturated carbocycles. The van der Waals surface area contributed by atoms with Crippen molar-refractivity contribution >= 4 is 17.6 Å². The van der Waals surface area contributed by atoms with Gasteiger partial charge in [0.25, 0.3) is 0 Å². The normalized spacial score (nSPS) is 9.19. The van der Waals surface area contributed by atoms with Crippen LogP contribution in [0.4, 0.5) is 5.69 Å². The van der Waals surface area contributed by atoms with Gasteiger partial charge in [0.05, 0.1) is 17.7 Å². The summed E-state index contributed by atoms with van der Waals surface area (Å²) in [6.45, 7) is 0. The number of benzene rings is 1. The third-order valence-corrected chi connectivity index (χ3v) is 1.77. The molecule has 0 fully saturated rings. The van der Waals surface area contributed by atoms with E-state index in [4.69, 9.17) is 16.6 Å². The van der Waals surface area contributed by atoms with E-state index >= 15 is 0 Å². The number of aromatic carboxylic acids is 1. The minimum atomic E-state index is -1.24. The topological polar surface area (TPSA) is 86.6 Å². The van der Waals surface area contributed by atoms with E-state index in [1.54, 1.807) is 0 Å². The Labute approximate surface area is 91.7 Å². The second-order valence-corrected chi connectivity index (χ2v) is 2.96. The van der Waals surface area contributed by atoms with Crippen molar-refractivity contribution in [3.8, 4) is 18.1 Å². The number of hydrogen-bond acceptors (Lipinski definition) is 3. The molecule has 1 aromatic rings. The van der Waals surface area contributed by atoms with Crippen molar-refractivity contribution in [1.82, 2.24) is 0 Å². The number of carbonyl (C=O) groups excluding carboxylic acids is 1. The van der Waals surface area contributed by atoms with Crippen LogP contribution >= 0.6 is 0 Å². The van der Waals surface area contributed by atoms with E-state index in [1.165, 1.54) is 12.1 Å². The van der Waals surface area contributed by atoms with Crippen molar-refractivity contribution in [3.63, 3.8) is 0 Å². The smallest absolute Gasteiger partial charge is 0.337 e. The lowest BCUT2D eigenvalue weighted by atomic mass is 10.1. The largest absolute Gasteiger partial charge is 0.508 e. The molecule has 16 heavy (non-hydrogen) atoms. The third-order valence-electron chi connectivity index (χ3n) is 1.77. The number of phenolic OH excluding ortho intramolecular Hbond substituents is 1. The number of rotatable bonds is 3. The van der Waals surface area contributed by atoms with Crippen molar-refractivity contribution < 1.29 is 19.8 Å². The van der Waals surface area contributed by atoms with Crippen molar-refractivity contribution in [3.05, 3.63) is 23.8 Å². The van der Waals surface area contributed by atoms with Gasteiger partial charge in [-0.15, -0.1) is 6.42 Å². The Hall–Kier alpha value is -2.48. The first-order valence-electron chi connectivity index (χ1n) is 4.34. The van der Waals surface area contributed by atoms with Gasteiger partial charge < -0.3 is 15.5 Å².